The van der Waals surface area contributed by atoms with Crippen LogP contribution in [0.25, 0.3) is 0 Å². The van der Waals surface area contributed by atoms with E-state index in [0.29, 0.717) is 0 Å². The number of hydrogen-bond acceptors (Lipinski definition) is 1. The van der Waals surface area contributed by atoms with Gasteiger partial charge in [0.25, 0.3) is 0 Å². The van der Waals surface area contributed by atoms with Crippen molar-refractivity contribution in [3.63, 3.8) is 0 Å². The van der Waals surface area contributed by atoms with Gasteiger partial charge in [-0.25, -0.2) is 0 Å². The van der Waals surface area contributed by atoms with Gasteiger partial charge < -0.3 is 4.90 Å². The van der Waals surface area contributed by atoms with Crippen LogP contribution in [0.5, 0.6) is 0 Å². The Morgan fingerprint density at radius 1 is 1.20 bits per heavy atom. The molecule has 0 N–H and O–H groups in total. The Morgan fingerprint density at radius 2 is 1.90 bits per heavy atom. The van der Waals surface area contributed by atoms with Crippen LogP contribution < -0.4 is 0 Å². The van der Waals surface area contributed by atoms with Gasteiger partial charge in [-0.05, 0) is 44.7 Å². The standard InChI is InChI=1S/C9H17N/c1-7-5-6-10(2)9(7)8-3-4-8/h7-9H,3-6H2,1-2H3. The summed E-state index contributed by atoms with van der Waals surface area (Å²) in [5.74, 6) is 2.04. The first-order chi connectivity index (χ1) is 4.79. The summed E-state index contributed by atoms with van der Waals surface area (Å²) in [5, 5.41) is 0. The maximum absolute atomic E-state index is 2.56. The second-order valence-electron chi connectivity index (χ2n) is 4.07. The Labute approximate surface area is 63.4 Å². The highest BCUT2D eigenvalue weighted by Gasteiger charge is 2.40. The fourth-order valence-corrected chi connectivity index (χ4v) is 2.42. The smallest absolute Gasteiger partial charge is 0.0147 e. The lowest BCUT2D eigenvalue weighted by atomic mass is 9.99. The van der Waals surface area contributed by atoms with Crippen LogP contribution in [0.2, 0.25) is 0 Å². The second kappa shape index (κ2) is 2.23. The lowest BCUT2D eigenvalue weighted by Gasteiger charge is -2.22. The number of likely N-dealkylation sites (tertiary alicyclic amines) is 1. The van der Waals surface area contributed by atoms with Crippen molar-refractivity contribution in [2.24, 2.45) is 11.8 Å². The number of nitrogens with zero attached hydrogens (tertiary/aromatic N) is 1. The molecule has 0 radical (unpaired) electrons. The molecular weight excluding hydrogens is 122 g/mol. The minimum atomic E-state index is 0.944. The lowest BCUT2D eigenvalue weighted by Crippen LogP contribution is -2.30. The van der Waals surface area contributed by atoms with E-state index in [0.717, 1.165) is 17.9 Å². The molecule has 1 nitrogen and oxygen atoms in total. The first kappa shape index (κ1) is 6.66. The molecule has 58 valence electrons. The first-order valence-electron chi connectivity index (χ1n) is 4.49. The highest BCUT2D eigenvalue weighted by atomic mass is 15.2. The highest BCUT2D eigenvalue weighted by Crippen LogP contribution is 2.41. The predicted octanol–water partition coefficient (Wildman–Crippen LogP) is 1.74. The molecule has 10 heavy (non-hydrogen) atoms. The summed E-state index contributed by atoms with van der Waals surface area (Å²) < 4.78 is 0. The maximum Gasteiger partial charge on any atom is 0.0147 e. The van der Waals surface area contributed by atoms with E-state index in [-0.39, 0.29) is 0 Å². The van der Waals surface area contributed by atoms with Gasteiger partial charge in [-0.1, -0.05) is 6.92 Å². The fourth-order valence-electron chi connectivity index (χ4n) is 2.42. The van der Waals surface area contributed by atoms with Crippen molar-refractivity contribution in [1.82, 2.24) is 4.90 Å². The maximum atomic E-state index is 2.56. The largest absolute Gasteiger partial charge is 0.303 e. The molecule has 2 aliphatic rings. The van der Waals surface area contributed by atoms with Crippen molar-refractivity contribution in [3.05, 3.63) is 0 Å². The summed E-state index contributed by atoms with van der Waals surface area (Å²) in [7, 11) is 2.28. The summed E-state index contributed by atoms with van der Waals surface area (Å²) >= 11 is 0. The van der Waals surface area contributed by atoms with Crippen molar-refractivity contribution in [2.75, 3.05) is 13.6 Å². The average molecular weight is 139 g/mol. The Balaban J connectivity index is 2.01. The zero-order valence-electron chi connectivity index (χ0n) is 7.01. The third kappa shape index (κ3) is 0.968. The molecule has 1 saturated heterocycles. The molecule has 2 rings (SSSR count). The molecule has 1 heteroatoms. The Kier molecular flexibility index (Phi) is 1.48. The van der Waals surface area contributed by atoms with Gasteiger partial charge in [0.1, 0.15) is 0 Å². The Hall–Kier alpha value is -0.0400. The Bertz CT molecular complexity index is 119. The zero-order chi connectivity index (χ0) is 7.14. The first-order valence-corrected chi connectivity index (χ1v) is 4.49. The molecule has 2 fully saturated rings. The summed E-state index contributed by atoms with van der Waals surface area (Å²) in [6.45, 7) is 3.74. The molecule has 1 saturated carbocycles. The molecule has 0 aromatic rings. The van der Waals surface area contributed by atoms with E-state index in [1.165, 1.54) is 25.8 Å². The quantitative estimate of drug-likeness (QED) is 0.535. The second-order valence-corrected chi connectivity index (χ2v) is 4.07. The molecule has 0 bridgehead atoms. The van der Waals surface area contributed by atoms with Gasteiger partial charge in [-0.2, -0.15) is 0 Å². The van der Waals surface area contributed by atoms with Gasteiger partial charge >= 0.3 is 0 Å². The minimum Gasteiger partial charge on any atom is -0.303 e. The molecule has 2 unspecified atom stereocenters. The number of rotatable bonds is 1. The minimum absolute atomic E-state index is 0.944. The summed E-state index contributed by atoms with van der Waals surface area (Å²) in [4.78, 5) is 2.56. The van der Waals surface area contributed by atoms with Gasteiger partial charge in [0.2, 0.25) is 0 Å². The molecule has 0 aromatic carbocycles. The van der Waals surface area contributed by atoms with E-state index in [9.17, 15) is 0 Å². The van der Waals surface area contributed by atoms with E-state index in [1.54, 1.807) is 0 Å². The van der Waals surface area contributed by atoms with Crippen molar-refractivity contribution in [2.45, 2.75) is 32.2 Å². The molecule has 0 amide bonds. The zero-order valence-corrected chi connectivity index (χ0v) is 7.01. The molecule has 0 aromatic heterocycles. The van der Waals surface area contributed by atoms with Crippen LogP contribution in [-0.2, 0) is 0 Å². The van der Waals surface area contributed by atoms with Crippen molar-refractivity contribution < 1.29 is 0 Å². The van der Waals surface area contributed by atoms with Crippen LogP contribution in [0.15, 0.2) is 0 Å². The highest BCUT2D eigenvalue weighted by molar-refractivity contribution is 4.93. The predicted molar refractivity (Wildman–Crippen MR) is 42.9 cm³/mol. The van der Waals surface area contributed by atoms with Gasteiger partial charge in [0.15, 0.2) is 0 Å². The summed E-state index contributed by atoms with van der Waals surface area (Å²) in [6, 6.07) is 0.944. The van der Waals surface area contributed by atoms with Gasteiger partial charge in [-0.3, -0.25) is 0 Å². The average Bonchev–Trinajstić information content (AvgIpc) is 2.64. The monoisotopic (exact) mass is 139 g/mol. The third-order valence-corrected chi connectivity index (χ3v) is 3.13. The van der Waals surface area contributed by atoms with E-state index in [4.69, 9.17) is 0 Å². The van der Waals surface area contributed by atoms with Gasteiger partial charge in [0, 0.05) is 6.04 Å². The van der Waals surface area contributed by atoms with Crippen LogP contribution in [-0.4, -0.2) is 24.5 Å². The van der Waals surface area contributed by atoms with E-state index in [2.05, 4.69) is 18.9 Å². The normalized spacial score (nSPS) is 42.6. The van der Waals surface area contributed by atoms with Crippen LogP contribution in [0.3, 0.4) is 0 Å². The SMILES string of the molecule is CC1CCN(C)C1C1CC1. The molecule has 1 aliphatic carbocycles. The van der Waals surface area contributed by atoms with Crippen LogP contribution >= 0.6 is 0 Å². The Morgan fingerprint density at radius 3 is 2.30 bits per heavy atom. The van der Waals surface area contributed by atoms with Crippen molar-refractivity contribution in [3.8, 4) is 0 Å². The third-order valence-electron chi connectivity index (χ3n) is 3.13. The lowest BCUT2D eigenvalue weighted by molar-refractivity contribution is 0.251. The molecule has 1 heterocycles. The summed E-state index contributed by atoms with van der Waals surface area (Å²) in [6.07, 6.45) is 4.43. The van der Waals surface area contributed by atoms with Crippen LogP contribution in [0, 0.1) is 11.8 Å². The van der Waals surface area contributed by atoms with E-state index < -0.39 is 0 Å². The molecule has 2 atom stereocenters. The molecular formula is C9H17N. The molecule has 1 aliphatic heterocycles. The topological polar surface area (TPSA) is 3.24 Å². The van der Waals surface area contributed by atoms with E-state index >= 15 is 0 Å². The van der Waals surface area contributed by atoms with E-state index in [1.807, 2.05) is 0 Å². The van der Waals surface area contributed by atoms with Crippen molar-refractivity contribution in [1.29, 1.82) is 0 Å². The number of hydrogen-bond donors (Lipinski definition) is 0. The van der Waals surface area contributed by atoms with Crippen molar-refractivity contribution >= 4 is 0 Å². The van der Waals surface area contributed by atoms with Gasteiger partial charge in [0.05, 0.1) is 0 Å². The van der Waals surface area contributed by atoms with Crippen LogP contribution in [0.1, 0.15) is 26.2 Å². The fraction of sp³-hybridized carbons (Fsp3) is 1.00. The van der Waals surface area contributed by atoms with Gasteiger partial charge in [-0.15, -0.1) is 0 Å². The molecule has 0 spiro atoms. The summed E-state index contributed by atoms with van der Waals surface area (Å²) in [5.41, 5.74) is 0. The van der Waals surface area contributed by atoms with Crippen LogP contribution in [0.4, 0.5) is 0 Å².